The van der Waals surface area contributed by atoms with Gasteiger partial charge in [0.2, 0.25) is 0 Å². The lowest BCUT2D eigenvalue weighted by atomic mass is 10.0. The number of benzene rings is 1. The Bertz CT molecular complexity index is 773. The fourth-order valence-electron chi connectivity index (χ4n) is 4.26. The number of hydrogen-bond donors (Lipinski definition) is 1. The molecule has 1 atom stereocenters. The Morgan fingerprint density at radius 3 is 2.71 bits per heavy atom. The van der Waals surface area contributed by atoms with E-state index in [-0.39, 0.29) is 5.91 Å². The summed E-state index contributed by atoms with van der Waals surface area (Å²) in [5, 5.41) is 3.57. The third-order valence-corrected chi connectivity index (χ3v) is 5.82. The molecule has 2 saturated heterocycles. The van der Waals surface area contributed by atoms with Crippen molar-refractivity contribution < 1.29 is 4.79 Å². The largest absolute Gasteiger partial charge is 0.366 e. The smallest absolute Gasteiger partial charge is 0.254 e. The first-order valence-electron chi connectivity index (χ1n) is 10.6. The summed E-state index contributed by atoms with van der Waals surface area (Å²) in [5.74, 6) is 0.955. The number of pyridine rings is 1. The molecule has 148 valence electrons. The highest BCUT2D eigenvalue weighted by atomic mass is 16.2. The second kappa shape index (κ2) is 9.20. The van der Waals surface area contributed by atoms with Crippen molar-refractivity contribution in [3.05, 3.63) is 59.8 Å². The number of likely N-dealkylation sites (tertiary alicyclic amines) is 2. The molecule has 2 aliphatic heterocycles. The maximum Gasteiger partial charge on any atom is 0.254 e. The van der Waals surface area contributed by atoms with Gasteiger partial charge in [0.1, 0.15) is 5.82 Å². The van der Waals surface area contributed by atoms with Crippen LogP contribution in [0, 0.1) is 0 Å². The van der Waals surface area contributed by atoms with Crippen molar-refractivity contribution in [1.82, 2.24) is 14.8 Å². The normalized spacial score (nSPS) is 20.3. The van der Waals surface area contributed by atoms with Gasteiger partial charge in [0.05, 0.1) is 0 Å². The molecule has 1 aromatic heterocycles. The number of amides is 1. The standard InChI is InChI=1S/C23H30N4O/c28-23(27-14-4-5-15-27)20-10-12-24-22(17-20)25-21-9-6-13-26(18-21)16-11-19-7-2-1-3-8-19/h1-3,7-8,10,12,17,21H,4-6,9,11,13-16,18H2,(H,24,25)/t21-/m0/s1. The van der Waals surface area contributed by atoms with Crippen LogP contribution in [0.3, 0.4) is 0 Å². The van der Waals surface area contributed by atoms with Crippen LogP contribution in [0.5, 0.6) is 0 Å². The predicted molar refractivity (Wildman–Crippen MR) is 113 cm³/mol. The first-order valence-corrected chi connectivity index (χ1v) is 10.6. The molecule has 0 radical (unpaired) electrons. The summed E-state index contributed by atoms with van der Waals surface area (Å²) in [4.78, 5) is 21.6. The van der Waals surface area contributed by atoms with Crippen LogP contribution in [0.4, 0.5) is 5.82 Å². The van der Waals surface area contributed by atoms with E-state index in [0.717, 1.165) is 69.8 Å². The van der Waals surface area contributed by atoms with E-state index >= 15 is 0 Å². The van der Waals surface area contributed by atoms with Crippen molar-refractivity contribution in [3.63, 3.8) is 0 Å². The molecule has 3 heterocycles. The van der Waals surface area contributed by atoms with Gasteiger partial charge in [0, 0.05) is 44.0 Å². The molecule has 0 unspecified atom stereocenters. The van der Waals surface area contributed by atoms with Crippen LogP contribution in [-0.2, 0) is 6.42 Å². The quantitative estimate of drug-likeness (QED) is 0.837. The Labute approximate surface area is 167 Å². The maximum absolute atomic E-state index is 12.6. The molecule has 5 nitrogen and oxygen atoms in total. The Morgan fingerprint density at radius 2 is 1.89 bits per heavy atom. The van der Waals surface area contributed by atoms with Crippen molar-refractivity contribution in [2.75, 3.05) is 38.0 Å². The average Bonchev–Trinajstić information content (AvgIpc) is 3.28. The fraction of sp³-hybridized carbons (Fsp3) is 0.478. The van der Waals surface area contributed by atoms with E-state index < -0.39 is 0 Å². The summed E-state index contributed by atoms with van der Waals surface area (Å²) in [6.07, 6.45) is 7.41. The minimum Gasteiger partial charge on any atom is -0.366 e. The predicted octanol–water partition coefficient (Wildman–Crippen LogP) is 3.44. The number of hydrogen-bond acceptors (Lipinski definition) is 4. The molecule has 0 saturated carbocycles. The van der Waals surface area contributed by atoms with Gasteiger partial charge in [-0.15, -0.1) is 0 Å². The Morgan fingerprint density at radius 1 is 1.07 bits per heavy atom. The number of rotatable bonds is 6. The van der Waals surface area contributed by atoms with E-state index in [9.17, 15) is 4.79 Å². The van der Waals surface area contributed by atoms with Gasteiger partial charge < -0.3 is 15.1 Å². The summed E-state index contributed by atoms with van der Waals surface area (Å²) in [5.41, 5.74) is 2.14. The highest BCUT2D eigenvalue weighted by Crippen LogP contribution is 2.18. The molecule has 0 aliphatic carbocycles. The van der Waals surface area contributed by atoms with Gasteiger partial charge in [0.25, 0.3) is 5.91 Å². The van der Waals surface area contributed by atoms with Crippen molar-refractivity contribution in [2.45, 2.75) is 38.1 Å². The molecule has 2 aliphatic rings. The molecule has 0 bridgehead atoms. The summed E-state index contributed by atoms with van der Waals surface area (Å²) in [7, 11) is 0. The highest BCUT2D eigenvalue weighted by Gasteiger charge is 2.22. The molecular formula is C23H30N4O. The fourth-order valence-corrected chi connectivity index (χ4v) is 4.26. The van der Waals surface area contributed by atoms with Crippen molar-refractivity contribution in [1.29, 1.82) is 0 Å². The van der Waals surface area contributed by atoms with Gasteiger partial charge in [-0.3, -0.25) is 4.79 Å². The molecule has 2 fully saturated rings. The molecule has 1 amide bonds. The zero-order chi connectivity index (χ0) is 19.2. The van der Waals surface area contributed by atoms with E-state index in [1.807, 2.05) is 17.0 Å². The number of nitrogens with one attached hydrogen (secondary N) is 1. The van der Waals surface area contributed by atoms with Crippen LogP contribution in [0.1, 0.15) is 41.6 Å². The summed E-state index contributed by atoms with van der Waals surface area (Å²) in [6.45, 7) is 5.03. The number of anilines is 1. The third-order valence-electron chi connectivity index (χ3n) is 5.82. The second-order valence-corrected chi connectivity index (χ2v) is 7.95. The molecule has 1 N–H and O–H groups in total. The second-order valence-electron chi connectivity index (χ2n) is 7.95. The number of piperidine rings is 1. The lowest BCUT2D eigenvalue weighted by Gasteiger charge is -2.33. The lowest BCUT2D eigenvalue weighted by Crippen LogP contribution is -2.43. The van der Waals surface area contributed by atoms with Crippen LogP contribution < -0.4 is 5.32 Å². The van der Waals surface area contributed by atoms with Crippen LogP contribution in [0.25, 0.3) is 0 Å². The zero-order valence-electron chi connectivity index (χ0n) is 16.5. The van der Waals surface area contributed by atoms with Crippen molar-refractivity contribution in [3.8, 4) is 0 Å². The van der Waals surface area contributed by atoms with Crippen molar-refractivity contribution in [2.24, 2.45) is 0 Å². The molecule has 0 spiro atoms. The number of carbonyl (C=O) groups excluding carboxylic acids is 1. The SMILES string of the molecule is O=C(c1ccnc(N[C@H]2CCCN(CCc3ccccc3)C2)c1)N1CCCC1. The summed E-state index contributed by atoms with van der Waals surface area (Å²) < 4.78 is 0. The first kappa shape index (κ1) is 18.9. The van der Waals surface area contributed by atoms with E-state index in [1.165, 1.54) is 12.0 Å². The number of carbonyl (C=O) groups is 1. The number of nitrogens with zero attached hydrogens (tertiary/aromatic N) is 3. The topological polar surface area (TPSA) is 48.5 Å². The molecule has 5 heteroatoms. The lowest BCUT2D eigenvalue weighted by molar-refractivity contribution is 0.0792. The van der Waals surface area contributed by atoms with Crippen LogP contribution >= 0.6 is 0 Å². The van der Waals surface area contributed by atoms with Crippen molar-refractivity contribution >= 4 is 11.7 Å². The maximum atomic E-state index is 12.6. The summed E-state index contributed by atoms with van der Waals surface area (Å²) >= 11 is 0. The highest BCUT2D eigenvalue weighted by molar-refractivity contribution is 5.95. The number of aromatic nitrogens is 1. The zero-order valence-corrected chi connectivity index (χ0v) is 16.5. The Kier molecular flexibility index (Phi) is 6.22. The van der Waals surface area contributed by atoms with E-state index in [0.29, 0.717) is 6.04 Å². The molecule has 1 aromatic carbocycles. The van der Waals surface area contributed by atoms with E-state index in [2.05, 4.69) is 45.5 Å². The van der Waals surface area contributed by atoms with Gasteiger partial charge in [0.15, 0.2) is 0 Å². The van der Waals surface area contributed by atoms with Crippen LogP contribution in [-0.4, -0.2) is 59.5 Å². The first-order chi connectivity index (χ1) is 13.8. The van der Waals surface area contributed by atoms with E-state index in [4.69, 9.17) is 0 Å². The van der Waals surface area contributed by atoms with Gasteiger partial charge >= 0.3 is 0 Å². The average molecular weight is 379 g/mol. The minimum absolute atomic E-state index is 0.135. The monoisotopic (exact) mass is 378 g/mol. The van der Waals surface area contributed by atoms with E-state index in [1.54, 1.807) is 6.20 Å². The third kappa shape index (κ3) is 4.90. The molecule has 2 aromatic rings. The minimum atomic E-state index is 0.135. The molecular weight excluding hydrogens is 348 g/mol. The van der Waals surface area contributed by atoms with Gasteiger partial charge in [-0.25, -0.2) is 4.98 Å². The van der Waals surface area contributed by atoms with Crippen LogP contribution in [0.15, 0.2) is 48.7 Å². The van der Waals surface area contributed by atoms with Gasteiger partial charge in [-0.2, -0.15) is 0 Å². The Hall–Kier alpha value is -2.40. The Balaban J connectivity index is 1.32. The van der Waals surface area contributed by atoms with Gasteiger partial charge in [-0.1, -0.05) is 30.3 Å². The summed E-state index contributed by atoms with van der Waals surface area (Å²) in [6, 6.07) is 14.8. The van der Waals surface area contributed by atoms with Gasteiger partial charge in [-0.05, 0) is 56.3 Å². The van der Waals surface area contributed by atoms with Crippen LogP contribution in [0.2, 0.25) is 0 Å². The molecule has 28 heavy (non-hydrogen) atoms. The molecule has 4 rings (SSSR count).